The van der Waals surface area contributed by atoms with Gasteiger partial charge in [-0.3, -0.25) is 14.5 Å². The molecule has 0 spiro atoms. The highest BCUT2D eigenvalue weighted by Crippen LogP contribution is 2.26. The Morgan fingerprint density at radius 3 is 2.29 bits per heavy atom. The molecule has 0 N–H and O–H groups in total. The molecule has 1 aromatic rings. The van der Waals surface area contributed by atoms with Gasteiger partial charge in [0.25, 0.3) is 0 Å². The van der Waals surface area contributed by atoms with Crippen LogP contribution in [0.1, 0.15) is 19.4 Å². The summed E-state index contributed by atoms with van der Waals surface area (Å²) in [5.41, 5.74) is 0.803. The Morgan fingerprint density at radius 1 is 1.24 bits per heavy atom. The number of carbonyl (C=O) groups excluding carboxylic acids is 2. The van der Waals surface area contributed by atoms with Crippen LogP contribution in [0, 0.1) is 11.8 Å². The van der Waals surface area contributed by atoms with Crippen LogP contribution < -0.4 is 0 Å². The summed E-state index contributed by atoms with van der Waals surface area (Å²) in [5, 5.41) is 0.398. The van der Waals surface area contributed by atoms with Crippen molar-refractivity contribution in [3.63, 3.8) is 0 Å². The predicted octanol–water partition coefficient (Wildman–Crippen LogP) is 1.88. The lowest BCUT2D eigenvalue weighted by Gasteiger charge is -2.14. The summed E-state index contributed by atoms with van der Waals surface area (Å²) >= 11 is 5.67. The predicted molar refractivity (Wildman–Crippen MR) is 63.1 cm³/mol. The second-order valence-corrected chi connectivity index (χ2v) is 4.72. The fourth-order valence-electron chi connectivity index (χ4n) is 1.87. The van der Waals surface area contributed by atoms with Crippen molar-refractivity contribution < 1.29 is 9.59 Å². The lowest BCUT2D eigenvalue weighted by atomic mass is 10.00. The summed E-state index contributed by atoms with van der Waals surface area (Å²) < 4.78 is 0. The van der Waals surface area contributed by atoms with Gasteiger partial charge in [-0.15, -0.1) is 0 Å². The van der Waals surface area contributed by atoms with E-state index in [-0.39, 0.29) is 30.2 Å². The lowest BCUT2D eigenvalue weighted by molar-refractivity contribution is -0.140. The minimum atomic E-state index is -0.234. The number of halogens is 1. The molecule has 5 heteroatoms. The summed E-state index contributed by atoms with van der Waals surface area (Å²) in [6.45, 7) is 3.84. The minimum Gasteiger partial charge on any atom is -0.278 e. The molecule has 90 valence electrons. The molecule has 2 amide bonds. The van der Waals surface area contributed by atoms with Crippen molar-refractivity contribution in [1.82, 2.24) is 9.88 Å². The van der Waals surface area contributed by atoms with Gasteiger partial charge in [-0.25, -0.2) is 4.98 Å². The molecule has 0 aromatic carbocycles. The summed E-state index contributed by atoms with van der Waals surface area (Å²) in [4.78, 5) is 28.9. The molecule has 1 saturated heterocycles. The van der Waals surface area contributed by atoms with Crippen LogP contribution in [0.25, 0.3) is 0 Å². The van der Waals surface area contributed by atoms with Gasteiger partial charge >= 0.3 is 0 Å². The standard InChI is InChI=1S/C12H13ClN2O2/c1-7-8(2)12(17)15(11(7)16)6-9-3-4-10(13)14-5-9/h3-5,7-8H,6H2,1-2H3. The van der Waals surface area contributed by atoms with E-state index in [1.165, 1.54) is 4.90 Å². The van der Waals surface area contributed by atoms with E-state index in [1.54, 1.807) is 32.2 Å². The molecule has 17 heavy (non-hydrogen) atoms. The highest BCUT2D eigenvalue weighted by atomic mass is 35.5. The number of hydrogen-bond acceptors (Lipinski definition) is 3. The smallest absolute Gasteiger partial charge is 0.233 e. The Labute approximate surface area is 105 Å². The van der Waals surface area contributed by atoms with Crippen molar-refractivity contribution in [2.45, 2.75) is 20.4 Å². The van der Waals surface area contributed by atoms with Gasteiger partial charge in [-0.1, -0.05) is 31.5 Å². The van der Waals surface area contributed by atoms with Crippen LogP contribution in [-0.2, 0) is 16.1 Å². The summed E-state index contributed by atoms with van der Waals surface area (Å²) in [6, 6.07) is 3.41. The molecule has 2 heterocycles. The fourth-order valence-corrected chi connectivity index (χ4v) is 1.98. The van der Waals surface area contributed by atoms with Gasteiger partial charge in [0.1, 0.15) is 5.15 Å². The third-order valence-corrected chi connectivity index (χ3v) is 3.41. The lowest BCUT2D eigenvalue weighted by Crippen LogP contribution is -2.30. The van der Waals surface area contributed by atoms with Crippen LogP contribution in [0.2, 0.25) is 5.15 Å². The Balaban J connectivity index is 2.17. The minimum absolute atomic E-state index is 0.113. The first kappa shape index (κ1) is 12.0. The van der Waals surface area contributed by atoms with Crippen molar-refractivity contribution >= 4 is 23.4 Å². The van der Waals surface area contributed by atoms with Gasteiger partial charge in [-0.2, -0.15) is 0 Å². The van der Waals surface area contributed by atoms with Gasteiger partial charge in [0.05, 0.1) is 6.54 Å². The number of carbonyl (C=O) groups is 2. The first-order chi connectivity index (χ1) is 8.00. The van der Waals surface area contributed by atoms with Gasteiger partial charge in [-0.05, 0) is 11.6 Å². The summed E-state index contributed by atoms with van der Waals surface area (Å²) in [5.74, 6) is -0.694. The van der Waals surface area contributed by atoms with E-state index in [4.69, 9.17) is 11.6 Å². The SMILES string of the molecule is CC1C(=O)N(Cc2ccc(Cl)nc2)C(=O)C1C. The second kappa shape index (κ2) is 4.45. The molecule has 0 bridgehead atoms. The maximum Gasteiger partial charge on any atom is 0.233 e. The number of aromatic nitrogens is 1. The van der Waals surface area contributed by atoms with Crippen molar-refractivity contribution in [2.75, 3.05) is 0 Å². The topological polar surface area (TPSA) is 50.3 Å². The van der Waals surface area contributed by atoms with E-state index in [2.05, 4.69) is 4.98 Å². The second-order valence-electron chi connectivity index (χ2n) is 4.33. The van der Waals surface area contributed by atoms with Crippen LogP contribution in [0.4, 0.5) is 0 Å². The molecule has 1 fully saturated rings. The molecule has 2 rings (SSSR count). The number of amides is 2. The quantitative estimate of drug-likeness (QED) is 0.597. The van der Waals surface area contributed by atoms with Crippen LogP contribution in [0.3, 0.4) is 0 Å². The number of rotatable bonds is 2. The fraction of sp³-hybridized carbons (Fsp3) is 0.417. The zero-order chi connectivity index (χ0) is 12.6. The van der Waals surface area contributed by atoms with Gasteiger partial charge in [0.2, 0.25) is 11.8 Å². The van der Waals surface area contributed by atoms with Gasteiger partial charge < -0.3 is 0 Å². The average molecular weight is 253 g/mol. The third-order valence-electron chi connectivity index (χ3n) is 3.19. The normalized spacial score (nSPS) is 24.5. The molecule has 4 nitrogen and oxygen atoms in total. The number of pyridine rings is 1. The largest absolute Gasteiger partial charge is 0.278 e. The Morgan fingerprint density at radius 2 is 1.82 bits per heavy atom. The number of nitrogens with zero attached hydrogens (tertiary/aromatic N) is 2. The highest BCUT2D eigenvalue weighted by molar-refractivity contribution is 6.29. The molecule has 2 unspecified atom stereocenters. The zero-order valence-corrected chi connectivity index (χ0v) is 10.4. The Kier molecular flexibility index (Phi) is 3.15. The van der Waals surface area contributed by atoms with Crippen LogP contribution in [-0.4, -0.2) is 21.7 Å². The van der Waals surface area contributed by atoms with Crippen molar-refractivity contribution in [2.24, 2.45) is 11.8 Å². The maximum absolute atomic E-state index is 11.9. The molecular weight excluding hydrogens is 240 g/mol. The van der Waals surface area contributed by atoms with Crippen LogP contribution >= 0.6 is 11.6 Å². The molecule has 0 radical (unpaired) electrons. The number of likely N-dealkylation sites (tertiary alicyclic amines) is 1. The van der Waals surface area contributed by atoms with Gasteiger partial charge in [0.15, 0.2) is 0 Å². The summed E-state index contributed by atoms with van der Waals surface area (Å²) in [6.07, 6.45) is 1.58. The monoisotopic (exact) mass is 252 g/mol. The first-order valence-electron chi connectivity index (χ1n) is 5.46. The molecule has 0 saturated carbocycles. The van der Waals surface area contributed by atoms with Crippen molar-refractivity contribution in [1.29, 1.82) is 0 Å². The van der Waals surface area contributed by atoms with E-state index in [1.807, 2.05) is 0 Å². The zero-order valence-electron chi connectivity index (χ0n) is 9.68. The van der Waals surface area contributed by atoms with E-state index in [0.717, 1.165) is 5.56 Å². The van der Waals surface area contributed by atoms with Crippen LogP contribution in [0.5, 0.6) is 0 Å². The first-order valence-corrected chi connectivity index (χ1v) is 5.84. The van der Waals surface area contributed by atoms with E-state index >= 15 is 0 Å². The highest BCUT2D eigenvalue weighted by Gasteiger charge is 2.41. The average Bonchev–Trinajstić information content (AvgIpc) is 2.50. The molecule has 1 aliphatic rings. The van der Waals surface area contributed by atoms with Crippen molar-refractivity contribution in [3.8, 4) is 0 Å². The van der Waals surface area contributed by atoms with Gasteiger partial charge in [0, 0.05) is 18.0 Å². The Bertz CT molecular complexity index is 438. The molecule has 1 aromatic heterocycles. The number of imide groups is 1. The Hall–Kier alpha value is -1.42. The van der Waals surface area contributed by atoms with Crippen LogP contribution in [0.15, 0.2) is 18.3 Å². The maximum atomic E-state index is 11.9. The third kappa shape index (κ3) is 2.17. The van der Waals surface area contributed by atoms with E-state index in [9.17, 15) is 9.59 Å². The van der Waals surface area contributed by atoms with Crippen molar-refractivity contribution in [3.05, 3.63) is 29.0 Å². The molecule has 0 aliphatic carbocycles. The molecule has 2 atom stereocenters. The molecular formula is C12H13ClN2O2. The van der Waals surface area contributed by atoms with E-state index < -0.39 is 0 Å². The summed E-state index contributed by atoms with van der Waals surface area (Å²) in [7, 11) is 0. The molecule has 1 aliphatic heterocycles. The van der Waals surface area contributed by atoms with E-state index in [0.29, 0.717) is 5.15 Å². The number of hydrogen-bond donors (Lipinski definition) is 0.